The van der Waals surface area contributed by atoms with Crippen molar-refractivity contribution in [3.63, 3.8) is 0 Å². The standard InChI is InChI=1S/2C5H5.C4H11Si.Ta.2H/c2*1-2-4-5-3-1;1-4(2,3)5;;;/h2*1-3H,4H2;5H2,1-3H3;;;. The van der Waals surface area contributed by atoms with Gasteiger partial charge in [-0.05, 0) is 0 Å². The average Bonchev–Trinajstić information content (AvgIpc) is 2.86. The van der Waals surface area contributed by atoms with Crippen LogP contribution >= 0.6 is 0 Å². The molecule has 0 saturated heterocycles. The van der Waals surface area contributed by atoms with E-state index >= 15 is 0 Å². The van der Waals surface area contributed by atoms with Gasteiger partial charge in [-0.1, -0.05) is 0 Å². The summed E-state index contributed by atoms with van der Waals surface area (Å²) in [6.07, 6.45) is 16.7. The molecule has 0 nitrogen and oxygen atoms in total. The summed E-state index contributed by atoms with van der Waals surface area (Å²) in [6.45, 7) is 7.37. The summed E-state index contributed by atoms with van der Waals surface area (Å²) in [6, 6.07) is 0. The van der Waals surface area contributed by atoms with Crippen LogP contribution in [-0.4, -0.2) is 7.28 Å². The minimum atomic E-state index is -1.64. The summed E-state index contributed by atoms with van der Waals surface area (Å²) in [5.41, 5.74) is 0. The van der Waals surface area contributed by atoms with Gasteiger partial charge in [-0.2, -0.15) is 0 Å². The fourth-order valence-corrected chi connectivity index (χ4v) is 35.3. The van der Waals surface area contributed by atoms with E-state index in [0.717, 1.165) is 0 Å². The van der Waals surface area contributed by atoms with Crippen molar-refractivity contribution in [2.75, 3.05) is 0 Å². The van der Waals surface area contributed by atoms with Crippen molar-refractivity contribution in [2.45, 2.75) is 38.7 Å². The Morgan fingerprint density at radius 3 is 1.81 bits per heavy atom. The summed E-state index contributed by atoms with van der Waals surface area (Å²) in [5, 5.41) is 0.638. The Labute approximate surface area is 107 Å². The molecular weight excluding hydrogens is 377 g/mol. The first kappa shape index (κ1) is 12.4. The molecule has 16 heavy (non-hydrogen) atoms. The van der Waals surface area contributed by atoms with Crippen LogP contribution in [0.1, 0.15) is 33.6 Å². The fraction of sp³-hybridized carbons (Fsp3) is 0.429. The van der Waals surface area contributed by atoms with E-state index in [1.165, 1.54) is 12.8 Å². The monoisotopic (exact) mass is 400 g/mol. The van der Waals surface area contributed by atoms with Crippen LogP contribution in [0.25, 0.3) is 0 Å². The second-order valence-electron chi connectivity index (χ2n) is 6.07. The van der Waals surface area contributed by atoms with Gasteiger partial charge in [0.25, 0.3) is 0 Å². The van der Waals surface area contributed by atoms with Crippen molar-refractivity contribution in [2.24, 2.45) is 0 Å². The van der Waals surface area contributed by atoms with E-state index in [1.54, 1.807) is 0 Å². The van der Waals surface area contributed by atoms with Crippen LogP contribution in [0, 0.1) is 0 Å². The van der Waals surface area contributed by atoms with Crippen LogP contribution in [0.15, 0.2) is 44.0 Å². The number of hydrogen-bond donors (Lipinski definition) is 0. The van der Waals surface area contributed by atoms with E-state index in [-0.39, 0.29) is 7.28 Å². The minimum absolute atomic E-state index is 0.110. The topological polar surface area (TPSA) is 0 Å². The summed E-state index contributed by atoms with van der Waals surface area (Å²) in [4.78, 5) is 0. The Morgan fingerprint density at radius 2 is 1.50 bits per heavy atom. The molecule has 0 unspecified atom stereocenters. The first-order chi connectivity index (χ1) is 7.56. The molecule has 0 atom stereocenters. The number of rotatable bonds is 3. The molecule has 0 heterocycles. The van der Waals surface area contributed by atoms with Crippen molar-refractivity contribution in [3.8, 4) is 0 Å². The van der Waals surface area contributed by atoms with Crippen molar-refractivity contribution < 1.29 is 17.7 Å². The van der Waals surface area contributed by atoms with Crippen molar-refractivity contribution in [1.82, 2.24) is 0 Å². The van der Waals surface area contributed by atoms with Crippen molar-refractivity contribution in [1.29, 1.82) is 0 Å². The molecule has 0 bridgehead atoms. The van der Waals surface area contributed by atoms with E-state index < -0.39 is 17.7 Å². The Bertz CT molecular complexity index is 350. The van der Waals surface area contributed by atoms with Crippen LogP contribution in [0.5, 0.6) is 0 Å². The molecule has 0 fully saturated rings. The fourth-order valence-electron chi connectivity index (χ4n) is 2.56. The predicted molar refractivity (Wildman–Crippen MR) is 74.7 cm³/mol. The molecule has 0 radical (unpaired) electrons. The van der Waals surface area contributed by atoms with E-state index in [1.807, 2.05) is 7.58 Å². The normalized spacial score (nSPS) is 20.8. The molecule has 2 aliphatic carbocycles. The quantitative estimate of drug-likeness (QED) is 0.639. The van der Waals surface area contributed by atoms with Gasteiger partial charge in [-0.3, -0.25) is 0 Å². The Balaban J connectivity index is 2.13. The molecule has 2 aliphatic rings. The molecule has 0 aliphatic heterocycles. The van der Waals surface area contributed by atoms with E-state index in [2.05, 4.69) is 57.2 Å². The molecule has 0 N–H and O–H groups in total. The maximum atomic E-state index is 2.46. The molecule has 2 rings (SSSR count). The van der Waals surface area contributed by atoms with Crippen LogP contribution < -0.4 is 0 Å². The summed E-state index contributed by atoms with van der Waals surface area (Å²) in [5.74, 6) is 0. The zero-order valence-electron chi connectivity index (χ0n) is 10.7. The molecule has 0 aromatic heterocycles. The van der Waals surface area contributed by atoms with Gasteiger partial charge in [0.2, 0.25) is 0 Å². The van der Waals surface area contributed by atoms with E-state index in [4.69, 9.17) is 0 Å². The zero-order valence-corrected chi connectivity index (χ0v) is 16.2. The average molecular weight is 400 g/mol. The Kier molecular flexibility index (Phi) is 3.91. The third-order valence-electron chi connectivity index (χ3n) is 3.31. The molecule has 0 aromatic carbocycles. The summed E-state index contributed by atoms with van der Waals surface area (Å²) in [7, 11) is 0.110. The van der Waals surface area contributed by atoms with Gasteiger partial charge in [0.1, 0.15) is 0 Å². The van der Waals surface area contributed by atoms with Gasteiger partial charge in [-0.15, -0.1) is 0 Å². The summed E-state index contributed by atoms with van der Waals surface area (Å²) < 4.78 is 3.77. The first-order valence-corrected chi connectivity index (χ1v) is 20.7. The van der Waals surface area contributed by atoms with Gasteiger partial charge in [0.05, 0.1) is 0 Å². The third kappa shape index (κ3) is 3.20. The molecule has 0 saturated carbocycles. The Hall–Kier alpha value is -0.0829. The van der Waals surface area contributed by atoms with Crippen LogP contribution in [0.2, 0.25) is 5.04 Å². The second kappa shape index (κ2) is 5.05. The SMILES string of the molecule is CC(C)(C)[SiH2][TaH2]([C]1=CC=CC1)[C]1=CC=CC1. The first-order valence-electron chi connectivity index (χ1n) is 6.27. The predicted octanol–water partition coefficient (Wildman–Crippen LogP) is 3.06. The van der Waals surface area contributed by atoms with Gasteiger partial charge < -0.3 is 0 Å². The van der Waals surface area contributed by atoms with Gasteiger partial charge >= 0.3 is 108 Å². The van der Waals surface area contributed by atoms with Crippen LogP contribution in [-0.2, 0) is 17.7 Å². The zero-order chi connectivity index (χ0) is 11.6. The van der Waals surface area contributed by atoms with Crippen molar-refractivity contribution >= 4 is 7.28 Å². The third-order valence-corrected chi connectivity index (χ3v) is 40.6. The second-order valence-corrected chi connectivity index (χ2v) is 29.0. The van der Waals surface area contributed by atoms with E-state index in [0.29, 0.717) is 5.04 Å². The number of hydrogen-bond acceptors (Lipinski definition) is 0. The molecule has 0 amide bonds. The van der Waals surface area contributed by atoms with Gasteiger partial charge in [-0.25, -0.2) is 0 Å². The van der Waals surface area contributed by atoms with Gasteiger partial charge in [0, 0.05) is 0 Å². The molecule has 0 spiro atoms. The van der Waals surface area contributed by atoms with Gasteiger partial charge in [0.15, 0.2) is 0 Å². The maximum absolute atomic E-state index is 2.46. The molecular formula is C14H23SiTa. The summed E-state index contributed by atoms with van der Waals surface area (Å²) >= 11 is -1.64. The number of allylic oxidation sites excluding steroid dienone is 8. The molecule has 2 heteroatoms. The molecule has 88 valence electrons. The van der Waals surface area contributed by atoms with Crippen molar-refractivity contribution in [3.05, 3.63) is 44.0 Å². The molecule has 0 aromatic rings. The Morgan fingerprint density at radius 1 is 1.00 bits per heavy atom. The van der Waals surface area contributed by atoms with Crippen LogP contribution in [0.3, 0.4) is 0 Å². The van der Waals surface area contributed by atoms with E-state index in [9.17, 15) is 0 Å². The van der Waals surface area contributed by atoms with Crippen LogP contribution in [0.4, 0.5) is 0 Å².